The van der Waals surface area contributed by atoms with Crippen LogP contribution in [0.4, 0.5) is 13.2 Å². The molecule has 0 saturated carbocycles. The van der Waals surface area contributed by atoms with E-state index >= 15 is 0 Å². The van der Waals surface area contributed by atoms with Crippen molar-refractivity contribution < 1.29 is 22.7 Å². The maximum absolute atomic E-state index is 12.6. The summed E-state index contributed by atoms with van der Waals surface area (Å²) in [6, 6.07) is 3.76. The Morgan fingerprint density at radius 2 is 1.85 bits per heavy atom. The molecule has 1 rings (SSSR count). The van der Waals surface area contributed by atoms with Gasteiger partial charge < -0.3 is 10.5 Å². The number of rotatable bonds is 3. The number of carbonyl (C=O) groups excluding carboxylic acids is 1. The monoisotopic (exact) mass is 311 g/mol. The Hall–Kier alpha value is -1.27. The minimum atomic E-state index is -4.44. The Kier molecular flexibility index (Phi) is 6.04. The molecule has 2 N–H and O–H groups in total. The van der Waals surface area contributed by atoms with Gasteiger partial charge in [0, 0.05) is 6.04 Å². The quantitative estimate of drug-likeness (QED) is 0.871. The number of nitrogens with two attached hydrogens (primary N) is 1. The Morgan fingerprint density at radius 1 is 1.30 bits per heavy atom. The minimum Gasteiger partial charge on any atom is -0.469 e. The third kappa shape index (κ3) is 3.86. The van der Waals surface area contributed by atoms with Gasteiger partial charge in [0.25, 0.3) is 0 Å². The van der Waals surface area contributed by atoms with Crippen molar-refractivity contribution in [1.82, 2.24) is 0 Å². The van der Waals surface area contributed by atoms with Gasteiger partial charge in [-0.05, 0) is 31.5 Å². The van der Waals surface area contributed by atoms with Gasteiger partial charge in [0.1, 0.15) is 0 Å². The van der Waals surface area contributed by atoms with E-state index in [0.717, 1.165) is 12.1 Å². The van der Waals surface area contributed by atoms with Crippen LogP contribution >= 0.6 is 12.4 Å². The first-order valence-corrected chi connectivity index (χ1v) is 5.62. The number of halogens is 4. The molecule has 0 aliphatic carbocycles. The van der Waals surface area contributed by atoms with E-state index in [1.165, 1.54) is 33.1 Å². The molecule has 7 heteroatoms. The number of esters is 1. The van der Waals surface area contributed by atoms with Crippen LogP contribution in [0.2, 0.25) is 0 Å². The Labute approximate surface area is 121 Å². The Bertz CT molecular complexity index is 475. The van der Waals surface area contributed by atoms with E-state index in [2.05, 4.69) is 4.74 Å². The standard InChI is InChI=1S/C13H16F3NO2.ClH/c1-12(2,11(18)19-3)10(17)8-5-4-6-9(7-8)13(14,15)16;/h4-7,10H,17H2,1-3H3;1H/t10-;/m0./s1. The van der Waals surface area contributed by atoms with E-state index in [-0.39, 0.29) is 18.0 Å². The average Bonchev–Trinajstić information content (AvgIpc) is 2.35. The van der Waals surface area contributed by atoms with Crippen LogP contribution in [-0.2, 0) is 15.7 Å². The molecule has 0 fully saturated rings. The molecule has 3 nitrogen and oxygen atoms in total. The lowest BCUT2D eigenvalue weighted by Gasteiger charge is -2.29. The van der Waals surface area contributed by atoms with Gasteiger partial charge in [-0.2, -0.15) is 13.2 Å². The highest BCUT2D eigenvalue weighted by Crippen LogP contribution is 2.35. The lowest BCUT2D eigenvalue weighted by atomic mass is 9.80. The van der Waals surface area contributed by atoms with Gasteiger partial charge in [-0.15, -0.1) is 12.4 Å². The van der Waals surface area contributed by atoms with Crippen molar-refractivity contribution in [3.8, 4) is 0 Å². The first-order chi connectivity index (χ1) is 8.60. The summed E-state index contributed by atoms with van der Waals surface area (Å²) in [5.74, 6) is -0.572. The van der Waals surface area contributed by atoms with Crippen molar-refractivity contribution in [3.63, 3.8) is 0 Å². The second-order valence-corrected chi connectivity index (χ2v) is 4.81. The zero-order valence-corrected chi connectivity index (χ0v) is 12.1. The largest absolute Gasteiger partial charge is 0.469 e. The highest BCUT2D eigenvalue weighted by Gasteiger charge is 2.38. The average molecular weight is 312 g/mol. The van der Waals surface area contributed by atoms with Crippen LogP contribution in [0.15, 0.2) is 24.3 Å². The number of hydrogen-bond donors (Lipinski definition) is 1. The predicted molar refractivity (Wildman–Crippen MR) is 71.4 cm³/mol. The van der Waals surface area contributed by atoms with E-state index in [4.69, 9.17) is 5.73 Å². The highest BCUT2D eigenvalue weighted by molar-refractivity contribution is 5.85. The molecular formula is C13H17ClF3NO2. The second-order valence-electron chi connectivity index (χ2n) is 4.81. The number of hydrogen-bond acceptors (Lipinski definition) is 3. The van der Waals surface area contributed by atoms with E-state index in [0.29, 0.717) is 0 Å². The fourth-order valence-electron chi connectivity index (χ4n) is 1.72. The zero-order chi connectivity index (χ0) is 14.8. The summed E-state index contributed by atoms with van der Waals surface area (Å²) in [7, 11) is 1.21. The third-order valence-electron chi connectivity index (χ3n) is 3.06. The summed E-state index contributed by atoms with van der Waals surface area (Å²) in [5.41, 5.74) is 4.23. The van der Waals surface area contributed by atoms with Crippen molar-refractivity contribution >= 4 is 18.4 Å². The molecule has 114 valence electrons. The van der Waals surface area contributed by atoms with Crippen LogP contribution in [0.1, 0.15) is 31.0 Å². The minimum absolute atomic E-state index is 0. The predicted octanol–water partition coefficient (Wildman–Crippen LogP) is 3.33. The summed E-state index contributed by atoms with van der Waals surface area (Å²) in [5, 5.41) is 0. The molecule has 0 aromatic heterocycles. The van der Waals surface area contributed by atoms with Crippen LogP contribution < -0.4 is 5.73 Å². The number of carbonyl (C=O) groups is 1. The summed E-state index contributed by atoms with van der Waals surface area (Å²) in [6.45, 7) is 3.06. The molecule has 0 saturated heterocycles. The molecule has 0 spiro atoms. The second kappa shape index (κ2) is 6.45. The van der Waals surface area contributed by atoms with Crippen molar-refractivity contribution in [2.75, 3.05) is 7.11 Å². The van der Waals surface area contributed by atoms with Gasteiger partial charge in [0.2, 0.25) is 0 Å². The van der Waals surface area contributed by atoms with Crippen molar-refractivity contribution in [2.24, 2.45) is 11.1 Å². The van der Waals surface area contributed by atoms with E-state index in [1.54, 1.807) is 0 Å². The summed E-state index contributed by atoms with van der Waals surface area (Å²) in [4.78, 5) is 11.6. The van der Waals surface area contributed by atoms with Crippen molar-refractivity contribution in [1.29, 1.82) is 0 Å². The van der Waals surface area contributed by atoms with E-state index in [9.17, 15) is 18.0 Å². The van der Waals surface area contributed by atoms with Gasteiger partial charge >= 0.3 is 12.1 Å². The van der Waals surface area contributed by atoms with Gasteiger partial charge in [-0.25, -0.2) is 0 Å². The first-order valence-electron chi connectivity index (χ1n) is 5.62. The topological polar surface area (TPSA) is 52.3 Å². The molecule has 0 unspecified atom stereocenters. The number of methoxy groups -OCH3 is 1. The molecule has 20 heavy (non-hydrogen) atoms. The van der Waals surface area contributed by atoms with Crippen LogP contribution in [0.3, 0.4) is 0 Å². The molecule has 0 amide bonds. The maximum atomic E-state index is 12.6. The fourth-order valence-corrected chi connectivity index (χ4v) is 1.72. The fraction of sp³-hybridized carbons (Fsp3) is 0.462. The first kappa shape index (κ1) is 18.7. The van der Waals surface area contributed by atoms with Crippen LogP contribution in [0.5, 0.6) is 0 Å². The van der Waals surface area contributed by atoms with Crippen LogP contribution in [0.25, 0.3) is 0 Å². The molecule has 1 aromatic rings. The molecule has 1 aromatic carbocycles. The molecule has 0 heterocycles. The zero-order valence-electron chi connectivity index (χ0n) is 11.3. The van der Waals surface area contributed by atoms with Crippen molar-refractivity contribution in [3.05, 3.63) is 35.4 Å². The van der Waals surface area contributed by atoms with Gasteiger partial charge in [0.05, 0.1) is 18.1 Å². The molecular weight excluding hydrogens is 295 g/mol. The molecule has 0 aliphatic heterocycles. The molecule has 0 radical (unpaired) electrons. The van der Waals surface area contributed by atoms with Crippen LogP contribution in [0, 0.1) is 5.41 Å². The molecule has 0 bridgehead atoms. The lowest BCUT2D eigenvalue weighted by molar-refractivity contribution is -0.152. The van der Waals surface area contributed by atoms with Gasteiger partial charge in [0.15, 0.2) is 0 Å². The maximum Gasteiger partial charge on any atom is 0.416 e. The SMILES string of the molecule is COC(=O)C(C)(C)[C@@H](N)c1cccc(C(F)(F)F)c1.Cl. The van der Waals surface area contributed by atoms with E-state index < -0.39 is 29.2 Å². The number of alkyl halides is 3. The Morgan fingerprint density at radius 3 is 2.30 bits per heavy atom. The van der Waals surface area contributed by atoms with Gasteiger partial charge in [-0.1, -0.05) is 12.1 Å². The molecule has 1 atom stereocenters. The normalized spacial score (nSPS) is 13.3. The van der Waals surface area contributed by atoms with Crippen LogP contribution in [-0.4, -0.2) is 13.1 Å². The highest BCUT2D eigenvalue weighted by atomic mass is 35.5. The molecule has 0 aliphatic rings. The van der Waals surface area contributed by atoms with Crippen molar-refractivity contribution in [2.45, 2.75) is 26.1 Å². The van der Waals surface area contributed by atoms with Gasteiger partial charge in [-0.3, -0.25) is 4.79 Å². The van der Waals surface area contributed by atoms with E-state index in [1.807, 2.05) is 0 Å². The smallest absolute Gasteiger partial charge is 0.416 e. The third-order valence-corrected chi connectivity index (χ3v) is 3.06. The summed E-state index contributed by atoms with van der Waals surface area (Å²) < 4.78 is 42.5. The summed E-state index contributed by atoms with van der Waals surface area (Å²) in [6.07, 6.45) is -4.44. The Balaban J connectivity index is 0.00000361. The summed E-state index contributed by atoms with van der Waals surface area (Å²) >= 11 is 0. The lowest BCUT2D eigenvalue weighted by Crippen LogP contribution is -2.37. The number of ether oxygens (including phenoxy) is 1. The number of benzene rings is 1.